The molecule has 0 bridgehead atoms. The molecule has 0 aromatic heterocycles. The van der Waals surface area contributed by atoms with Gasteiger partial charge < -0.3 is 24.8 Å². The van der Waals surface area contributed by atoms with E-state index in [0.29, 0.717) is 36.3 Å². The van der Waals surface area contributed by atoms with E-state index in [0.717, 1.165) is 56.9 Å². The third kappa shape index (κ3) is 6.27. The Kier molecular flexibility index (Phi) is 8.09. The van der Waals surface area contributed by atoms with Crippen LogP contribution < -0.4 is 15.5 Å². The van der Waals surface area contributed by atoms with Crippen LogP contribution in [0.25, 0.3) is 0 Å². The van der Waals surface area contributed by atoms with Gasteiger partial charge in [0.15, 0.2) is 0 Å². The standard InChI is InChI=1S/C32H42N6O7/c1-31(2,3)45-30(44)33-20-12-14-36(15-20)25(40)9-4-5-13-35-16-32(17-35)18-37(19-32)22-8-6-7-21-26(22)29(43)38(28(21)42)23-10-11-24(39)34-27(23)41/h6-8,20,23H,4-5,9-19H2,1-3H3,(H,33,44)(H,34,39,41)/t20-,23?/m0/s1. The fourth-order valence-corrected chi connectivity index (χ4v) is 7.30. The van der Waals surface area contributed by atoms with Gasteiger partial charge in [0.1, 0.15) is 11.6 Å². The van der Waals surface area contributed by atoms with E-state index in [4.69, 9.17) is 4.74 Å². The number of nitrogens with one attached hydrogen (secondary N) is 2. The first-order chi connectivity index (χ1) is 21.3. The Morgan fingerprint density at radius 2 is 1.78 bits per heavy atom. The Hall–Kier alpha value is -4.00. The summed E-state index contributed by atoms with van der Waals surface area (Å²) in [5.41, 5.74) is 0.956. The predicted molar refractivity (Wildman–Crippen MR) is 162 cm³/mol. The molecule has 13 heteroatoms. The number of benzene rings is 1. The number of nitrogens with zero attached hydrogens (tertiary/aromatic N) is 4. The van der Waals surface area contributed by atoms with E-state index in [2.05, 4.69) is 20.4 Å². The van der Waals surface area contributed by atoms with Crippen LogP contribution in [0, 0.1) is 5.41 Å². The molecule has 0 aliphatic carbocycles. The minimum atomic E-state index is -0.977. The molecule has 1 spiro atoms. The van der Waals surface area contributed by atoms with Gasteiger partial charge in [0, 0.05) is 57.5 Å². The third-order valence-corrected chi connectivity index (χ3v) is 9.33. The van der Waals surface area contributed by atoms with Crippen LogP contribution >= 0.6 is 0 Å². The molecule has 242 valence electrons. The van der Waals surface area contributed by atoms with Gasteiger partial charge in [0.05, 0.1) is 22.9 Å². The van der Waals surface area contributed by atoms with Crippen LogP contribution in [-0.2, 0) is 19.1 Å². The van der Waals surface area contributed by atoms with Gasteiger partial charge in [0.2, 0.25) is 17.7 Å². The molecule has 5 aliphatic heterocycles. The lowest BCUT2D eigenvalue weighted by Gasteiger charge is -2.61. The lowest BCUT2D eigenvalue weighted by atomic mass is 9.72. The number of fused-ring (bicyclic) bond motifs is 1. The lowest BCUT2D eigenvalue weighted by Crippen LogP contribution is -2.72. The SMILES string of the molecule is CC(C)(C)OC(=O)N[C@H]1CCN(C(=O)CCCCN2CC3(C2)CN(c2cccc4c2C(=O)N(C2CCC(=O)NC2=O)C4=O)C3)C1. The van der Waals surface area contributed by atoms with Gasteiger partial charge in [-0.25, -0.2) is 4.79 Å². The molecule has 1 unspecified atom stereocenters. The van der Waals surface area contributed by atoms with Gasteiger partial charge in [-0.1, -0.05) is 6.07 Å². The van der Waals surface area contributed by atoms with Crippen molar-refractivity contribution in [2.75, 3.05) is 50.7 Å². The molecule has 4 saturated heterocycles. The van der Waals surface area contributed by atoms with Crippen LogP contribution in [0.3, 0.4) is 0 Å². The lowest BCUT2D eigenvalue weighted by molar-refractivity contribution is -0.136. The summed E-state index contributed by atoms with van der Waals surface area (Å²) in [6, 6.07) is 4.19. The molecule has 6 amide bonds. The van der Waals surface area contributed by atoms with E-state index in [1.54, 1.807) is 12.1 Å². The topological polar surface area (TPSA) is 149 Å². The zero-order valence-electron chi connectivity index (χ0n) is 26.2. The second-order valence-electron chi connectivity index (χ2n) is 14.1. The number of rotatable bonds is 8. The maximum Gasteiger partial charge on any atom is 0.407 e. The van der Waals surface area contributed by atoms with Crippen molar-refractivity contribution < 1.29 is 33.5 Å². The highest BCUT2D eigenvalue weighted by molar-refractivity contribution is 6.25. The van der Waals surface area contributed by atoms with E-state index < -0.39 is 41.4 Å². The number of imide groups is 2. The van der Waals surface area contributed by atoms with Gasteiger partial charge in [0.25, 0.3) is 11.8 Å². The predicted octanol–water partition coefficient (Wildman–Crippen LogP) is 1.51. The molecular formula is C32H42N6O7. The van der Waals surface area contributed by atoms with Crippen molar-refractivity contribution in [3.8, 4) is 0 Å². The van der Waals surface area contributed by atoms with Crippen LogP contribution in [0.4, 0.5) is 10.5 Å². The second-order valence-corrected chi connectivity index (χ2v) is 14.1. The minimum Gasteiger partial charge on any atom is -0.444 e. The molecule has 2 atom stereocenters. The number of piperidine rings is 1. The molecule has 45 heavy (non-hydrogen) atoms. The summed E-state index contributed by atoms with van der Waals surface area (Å²) in [6.45, 7) is 11.0. The molecular weight excluding hydrogens is 580 g/mol. The Morgan fingerprint density at radius 1 is 1.02 bits per heavy atom. The number of amides is 6. The summed E-state index contributed by atoms with van der Waals surface area (Å²) in [6.07, 6.45) is 2.74. The van der Waals surface area contributed by atoms with Gasteiger partial charge in [-0.05, 0) is 65.1 Å². The summed E-state index contributed by atoms with van der Waals surface area (Å²) in [5, 5.41) is 5.10. The Morgan fingerprint density at radius 3 is 2.49 bits per heavy atom. The van der Waals surface area contributed by atoms with Gasteiger partial charge in [-0.3, -0.25) is 34.2 Å². The van der Waals surface area contributed by atoms with E-state index in [9.17, 15) is 28.8 Å². The Labute approximate surface area is 262 Å². The molecule has 6 rings (SSSR count). The van der Waals surface area contributed by atoms with E-state index in [1.807, 2.05) is 31.7 Å². The zero-order chi connectivity index (χ0) is 32.1. The monoisotopic (exact) mass is 622 g/mol. The number of anilines is 1. The second kappa shape index (κ2) is 11.7. The third-order valence-electron chi connectivity index (χ3n) is 9.33. The molecule has 2 N–H and O–H groups in total. The summed E-state index contributed by atoms with van der Waals surface area (Å²) in [5.74, 6) is -1.85. The molecule has 1 aromatic rings. The zero-order valence-corrected chi connectivity index (χ0v) is 26.2. The average molecular weight is 623 g/mol. The van der Waals surface area contributed by atoms with Gasteiger partial charge in [-0.15, -0.1) is 0 Å². The number of hydrogen-bond donors (Lipinski definition) is 2. The minimum absolute atomic E-state index is 0.0806. The molecule has 1 aromatic carbocycles. The van der Waals surface area contributed by atoms with Gasteiger partial charge >= 0.3 is 6.09 Å². The smallest absolute Gasteiger partial charge is 0.407 e. The first-order valence-corrected chi connectivity index (χ1v) is 15.9. The molecule has 0 saturated carbocycles. The van der Waals surface area contributed by atoms with Crippen LogP contribution in [0.15, 0.2) is 18.2 Å². The number of unbranched alkanes of at least 4 members (excludes halogenated alkanes) is 1. The van der Waals surface area contributed by atoms with Crippen molar-refractivity contribution in [1.82, 2.24) is 25.3 Å². The van der Waals surface area contributed by atoms with Crippen molar-refractivity contribution in [2.24, 2.45) is 5.41 Å². The summed E-state index contributed by atoms with van der Waals surface area (Å²) in [4.78, 5) is 82.7. The maximum atomic E-state index is 13.4. The van der Waals surface area contributed by atoms with Gasteiger partial charge in [-0.2, -0.15) is 0 Å². The molecule has 4 fully saturated rings. The summed E-state index contributed by atoms with van der Waals surface area (Å²) in [7, 11) is 0. The van der Waals surface area contributed by atoms with Crippen molar-refractivity contribution in [2.45, 2.75) is 77.0 Å². The number of likely N-dealkylation sites (tertiary alicyclic amines) is 2. The first-order valence-electron chi connectivity index (χ1n) is 15.9. The largest absolute Gasteiger partial charge is 0.444 e. The van der Waals surface area contributed by atoms with E-state index in [-0.39, 0.29) is 30.2 Å². The normalized spacial score (nSPS) is 24.4. The number of ether oxygens (including phenoxy) is 1. The fraction of sp³-hybridized carbons (Fsp3) is 0.625. The first kappa shape index (κ1) is 31.0. The van der Waals surface area contributed by atoms with Crippen LogP contribution in [0.2, 0.25) is 0 Å². The Balaban J connectivity index is 0.918. The van der Waals surface area contributed by atoms with Crippen molar-refractivity contribution in [3.05, 3.63) is 29.3 Å². The molecule has 5 aliphatic rings. The van der Waals surface area contributed by atoms with E-state index in [1.165, 1.54) is 0 Å². The van der Waals surface area contributed by atoms with Crippen LogP contribution in [-0.4, -0.2) is 114 Å². The summed E-state index contributed by atoms with van der Waals surface area (Å²) >= 11 is 0. The highest BCUT2D eigenvalue weighted by Gasteiger charge is 2.53. The van der Waals surface area contributed by atoms with Crippen LogP contribution in [0.1, 0.15) is 80.0 Å². The van der Waals surface area contributed by atoms with E-state index >= 15 is 0 Å². The molecule has 0 radical (unpaired) electrons. The number of hydrogen-bond acceptors (Lipinski definition) is 9. The van der Waals surface area contributed by atoms with Crippen molar-refractivity contribution in [1.29, 1.82) is 0 Å². The molecule has 13 nitrogen and oxygen atoms in total. The molecule has 5 heterocycles. The number of carbonyl (C=O) groups excluding carboxylic acids is 6. The van der Waals surface area contributed by atoms with Crippen molar-refractivity contribution >= 4 is 41.3 Å². The Bertz CT molecular complexity index is 1420. The fourth-order valence-electron chi connectivity index (χ4n) is 7.30. The van der Waals surface area contributed by atoms with Crippen molar-refractivity contribution in [3.63, 3.8) is 0 Å². The average Bonchev–Trinajstić information content (AvgIpc) is 3.48. The van der Waals surface area contributed by atoms with Crippen LogP contribution in [0.5, 0.6) is 0 Å². The highest BCUT2D eigenvalue weighted by Crippen LogP contribution is 2.44. The number of carbonyl (C=O) groups is 6. The number of alkyl carbamates (subject to hydrolysis) is 1. The quantitative estimate of drug-likeness (QED) is 0.325. The maximum absolute atomic E-state index is 13.4. The summed E-state index contributed by atoms with van der Waals surface area (Å²) < 4.78 is 5.32. The highest BCUT2D eigenvalue weighted by atomic mass is 16.6.